The zero-order valence-electron chi connectivity index (χ0n) is 13.4. The number of hydrogen-bond acceptors (Lipinski definition) is 2. The fraction of sp³-hybridized carbons (Fsp3) is 0.450. The lowest BCUT2D eigenvalue weighted by Crippen LogP contribution is -2.30. The highest BCUT2D eigenvalue weighted by Gasteiger charge is 2.37. The summed E-state index contributed by atoms with van der Waals surface area (Å²) in [6.07, 6.45) is 13.4. The Labute approximate surface area is 141 Å². The molecule has 0 aliphatic heterocycles. The predicted octanol–water partition coefficient (Wildman–Crippen LogP) is 5.50. The molecule has 0 unspecified atom stereocenters. The Hall–Kier alpha value is -1.61. The van der Waals surface area contributed by atoms with Gasteiger partial charge in [0, 0.05) is 22.3 Å². The zero-order chi connectivity index (χ0) is 15.3. The van der Waals surface area contributed by atoms with E-state index in [4.69, 9.17) is 4.98 Å². The molecule has 2 aromatic heterocycles. The van der Waals surface area contributed by atoms with Crippen LogP contribution >= 0.6 is 11.3 Å². The first-order chi connectivity index (χ1) is 11.3. The molecule has 1 aromatic carbocycles. The molecule has 2 aliphatic carbocycles. The number of rotatable bonds is 1. The van der Waals surface area contributed by atoms with E-state index in [0.29, 0.717) is 5.41 Å². The van der Waals surface area contributed by atoms with Gasteiger partial charge in [-0.1, -0.05) is 49.6 Å². The Bertz CT molecular complexity index is 837. The third-order valence-corrected chi connectivity index (χ3v) is 7.01. The maximum Gasteiger partial charge on any atom is 0.194 e. The van der Waals surface area contributed by atoms with Gasteiger partial charge in [-0.05, 0) is 37.5 Å². The number of thiazole rings is 1. The fourth-order valence-electron chi connectivity index (χ4n) is 4.62. The lowest BCUT2D eigenvalue weighted by molar-refractivity contribution is 0.163. The van der Waals surface area contributed by atoms with Crippen molar-refractivity contribution in [3.05, 3.63) is 47.1 Å². The van der Waals surface area contributed by atoms with Crippen molar-refractivity contribution >= 4 is 16.3 Å². The second-order valence-corrected chi connectivity index (χ2v) is 8.42. The van der Waals surface area contributed by atoms with Crippen molar-refractivity contribution < 1.29 is 0 Å². The van der Waals surface area contributed by atoms with Gasteiger partial charge in [0.2, 0.25) is 0 Å². The monoisotopic (exact) mass is 322 g/mol. The average Bonchev–Trinajstić information content (AvgIpc) is 3.13. The summed E-state index contributed by atoms with van der Waals surface area (Å²) >= 11 is 1.93. The number of aromatic nitrogens is 2. The summed E-state index contributed by atoms with van der Waals surface area (Å²) < 4.78 is 2.37. The zero-order valence-corrected chi connectivity index (χ0v) is 14.2. The van der Waals surface area contributed by atoms with Crippen molar-refractivity contribution in [2.24, 2.45) is 5.41 Å². The van der Waals surface area contributed by atoms with Crippen LogP contribution < -0.4 is 0 Å². The Morgan fingerprint density at radius 2 is 1.83 bits per heavy atom. The summed E-state index contributed by atoms with van der Waals surface area (Å²) in [5.41, 5.74) is 4.49. The van der Waals surface area contributed by atoms with E-state index in [0.717, 1.165) is 5.69 Å². The second-order valence-electron chi connectivity index (χ2n) is 7.35. The Kier molecular flexibility index (Phi) is 3.12. The summed E-state index contributed by atoms with van der Waals surface area (Å²) in [6, 6.07) is 10.5. The number of nitrogens with zero attached hydrogens (tertiary/aromatic N) is 2. The van der Waals surface area contributed by atoms with Crippen molar-refractivity contribution in [2.45, 2.75) is 51.4 Å². The van der Waals surface area contributed by atoms with Crippen LogP contribution in [0.3, 0.4) is 0 Å². The predicted molar refractivity (Wildman–Crippen MR) is 96.0 cm³/mol. The molecule has 0 atom stereocenters. The van der Waals surface area contributed by atoms with Crippen LogP contribution in [0.25, 0.3) is 16.2 Å². The maximum absolute atomic E-state index is 4.90. The molecule has 0 N–H and O–H groups in total. The van der Waals surface area contributed by atoms with Gasteiger partial charge in [-0.25, -0.2) is 4.98 Å². The van der Waals surface area contributed by atoms with Gasteiger partial charge in [-0.15, -0.1) is 11.3 Å². The van der Waals surface area contributed by atoms with Crippen LogP contribution in [0.5, 0.6) is 0 Å². The van der Waals surface area contributed by atoms with Gasteiger partial charge in [0.25, 0.3) is 0 Å². The molecule has 1 fully saturated rings. The molecule has 1 spiro atoms. The number of imidazole rings is 1. The van der Waals surface area contributed by atoms with Gasteiger partial charge in [0.1, 0.15) is 0 Å². The normalized spacial score (nSPS) is 20.0. The molecule has 2 heterocycles. The minimum absolute atomic E-state index is 0.621. The maximum atomic E-state index is 4.90. The van der Waals surface area contributed by atoms with Crippen LogP contribution in [0.1, 0.15) is 49.1 Å². The quantitative estimate of drug-likeness (QED) is 0.578. The standard InChI is InChI=1S/C20H22N2S/c1-3-7-15(8-4-1)16-14-22-17-9-12-20(10-5-2-6-11-20)13-18(17)23-19(22)21-16/h1,3-4,7-8,14H,2,5-6,9-13H2. The van der Waals surface area contributed by atoms with Gasteiger partial charge in [0.15, 0.2) is 4.96 Å². The number of fused-ring (bicyclic) bond motifs is 3. The van der Waals surface area contributed by atoms with Crippen LogP contribution in [0, 0.1) is 5.41 Å². The largest absolute Gasteiger partial charge is 0.294 e. The topological polar surface area (TPSA) is 17.3 Å². The second kappa shape index (κ2) is 5.20. The van der Waals surface area contributed by atoms with Gasteiger partial charge in [-0.2, -0.15) is 0 Å². The third kappa shape index (κ3) is 2.25. The fourth-order valence-corrected chi connectivity index (χ4v) is 5.94. The van der Waals surface area contributed by atoms with Gasteiger partial charge in [0.05, 0.1) is 5.69 Å². The van der Waals surface area contributed by atoms with Crippen molar-refractivity contribution in [3.8, 4) is 11.3 Å². The summed E-state index contributed by atoms with van der Waals surface area (Å²) in [7, 11) is 0. The minimum Gasteiger partial charge on any atom is -0.294 e. The van der Waals surface area contributed by atoms with Crippen LogP contribution in [-0.2, 0) is 12.8 Å². The number of hydrogen-bond donors (Lipinski definition) is 0. The molecule has 5 rings (SSSR count). The summed E-state index contributed by atoms with van der Waals surface area (Å²) in [5, 5.41) is 0. The first kappa shape index (κ1) is 13.8. The Morgan fingerprint density at radius 1 is 1.00 bits per heavy atom. The van der Waals surface area contributed by atoms with E-state index >= 15 is 0 Å². The molecule has 0 bridgehead atoms. The third-order valence-electron chi connectivity index (χ3n) is 5.91. The van der Waals surface area contributed by atoms with E-state index < -0.39 is 0 Å². The molecule has 3 aromatic rings. The lowest BCUT2D eigenvalue weighted by Gasteiger charge is -2.40. The molecule has 2 nitrogen and oxygen atoms in total. The highest BCUT2D eigenvalue weighted by atomic mass is 32.1. The lowest BCUT2D eigenvalue weighted by atomic mass is 9.66. The number of benzene rings is 1. The van der Waals surface area contributed by atoms with E-state index in [1.165, 1.54) is 67.6 Å². The molecular weight excluding hydrogens is 300 g/mol. The molecule has 23 heavy (non-hydrogen) atoms. The number of aryl methyl sites for hydroxylation is 1. The van der Waals surface area contributed by atoms with Crippen LogP contribution in [0.15, 0.2) is 36.5 Å². The van der Waals surface area contributed by atoms with E-state index in [-0.39, 0.29) is 0 Å². The first-order valence-electron chi connectivity index (χ1n) is 8.88. The van der Waals surface area contributed by atoms with E-state index in [9.17, 15) is 0 Å². The molecule has 1 saturated carbocycles. The van der Waals surface area contributed by atoms with Crippen LogP contribution in [0.4, 0.5) is 0 Å². The minimum atomic E-state index is 0.621. The molecule has 0 saturated heterocycles. The van der Waals surface area contributed by atoms with Crippen molar-refractivity contribution in [1.29, 1.82) is 0 Å². The summed E-state index contributed by atoms with van der Waals surface area (Å²) in [4.78, 5) is 7.70. The Balaban J connectivity index is 1.53. The van der Waals surface area contributed by atoms with Gasteiger partial charge >= 0.3 is 0 Å². The van der Waals surface area contributed by atoms with Gasteiger partial charge < -0.3 is 0 Å². The van der Waals surface area contributed by atoms with E-state index in [1.807, 2.05) is 11.3 Å². The summed E-state index contributed by atoms with van der Waals surface area (Å²) in [5.74, 6) is 0. The molecular formula is C20H22N2S. The smallest absolute Gasteiger partial charge is 0.194 e. The Morgan fingerprint density at radius 3 is 2.65 bits per heavy atom. The molecule has 0 amide bonds. The molecule has 3 heteroatoms. The SMILES string of the molecule is c1ccc(-c2cn3c4c(sc3n2)CC2(CCCCC2)CC4)cc1. The highest BCUT2D eigenvalue weighted by molar-refractivity contribution is 7.17. The van der Waals surface area contributed by atoms with Crippen molar-refractivity contribution in [3.63, 3.8) is 0 Å². The summed E-state index contributed by atoms with van der Waals surface area (Å²) in [6.45, 7) is 0. The molecule has 118 valence electrons. The van der Waals surface area contributed by atoms with E-state index in [1.54, 1.807) is 4.88 Å². The molecule has 2 aliphatic rings. The van der Waals surface area contributed by atoms with Gasteiger partial charge in [-0.3, -0.25) is 4.40 Å². The highest BCUT2D eigenvalue weighted by Crippen LogP contribution is 2.48. The average molecular weight is 322 g/mol. The molecule has 0 radical (unpaired) electrons. The van der Waals surface area contributed by atoms with E-state index in [2.05, 4.69) is 40.9 Å². The van der Waals surface area contributed by atoms with Crippen molar-refractivity contribution in [1.82, 2.24) is 9.38 Å². The first-order valence-corrected chi connectivity index (χ1v) is 9.70. The van der Waals surface area contributed by atoms with Crippen LogP contribution in [0.2, 0.25) is 0 Å². The van der Waals surface area contributed by atoms with Crippen molar-refractivity contribution in [2.75, 3.05) is 0 Å². The van der Waals surface area contributed by atoms with Crippen LogP contribution in [-0.4, -0.2) is 9.38 Å².